The van der Waals surface area contributed by atoms with E-state index in [4.69, 9.17) is 9.84 Å². The molecule has 1 heterocycles. The lowest BCUT2D eigenvalue weighted by Crippen LogP contribution is -2.40. The Bertz CT molecular complexity index is 794. The van der Waals surface area contributed by atoms with Crippen LogP contribution in [0.25, 0.3) is 10.9 Å². The van der Waals surface area contributed by atoms with Crippen molar-refractivity contribution in [1.29, 1.82) is 0 Å². The van der Waals surface area contributed by atoms with Crippen molar-refractivity contribution in [2.45, 2.75) is 46.7 Å². The number of carbonyl (C=O) groups excluding carboxylic acids is 1. The molecule has 1 aromatic heterocycles. The number of hydrogen-bond acceptors (Lipinski definition) is 3. The fourth-order valence-electron chi connectivity index (χ4n) is 3.00. The highest BCUT2D eigenvalue weighted by atomic mass is 16.5. The summed E-state index contributed by atoms with van der Waals surface area (Å²) in [5.41, 5.74) is 2.42. The number of carbonyl (C=O) groups is 2. The molecule has 0 fully saturated rings. The molecular formula is C19H26N2O4. The molecule has 2 unspecified atom stereocenters. The van der Waals surface area contributed by atoms with Crippen molar-refractivity contribution in [3.05, 3.63) is 29.5 Å². The van der Waals surface area contributed by atoms with Crippen molar-refractivity contribution >= 4 is 22.8 Å². The van der Waals surface area contributed by atoms with E-state index in [1.807, 2.05) is 25.1 Å². The minimum Gasteiger partial charge on any atom is -0.497 e. The molecule has 0 aliphatic carbocycles. The Hall–Kier alpha value is -2.50. The zero-order valence-electron chi connectivity index (χ0n) is 15.4. The number of aryl methyl sites for hydroxylation is 1. The van der Waals surface area contributed by atoms with E-state index in [2.05, 4.69) is 16.8 Å². The van der Waals surface area contributed by atoms with Crippen LogP contribution in [0.2, 0.25) is 0 Å². The van der Waals surface area contributed by atoms with Gasteiger partial charge in [0, 0.05) is 29.2 Å². The lowest BCUT2D eigenvalue weighted by Gasteiger charge is -2.18. The first-order valence-electron chi connectivity index (χ1n) is 8.52. The molecule has 0 spiro atoms. The predicted molar refractivity (Wildman–Crippen MR) is 97.2 cm³/mol. The molecule has 6 nitrogen and oxygen atoms in total. The molecule has 0 saturated carbocycles. The van der Waals surface area contributed by atoms with Crippen LogP contribution in [0, 0.1) is 12.8 Å². The monoisotopic (exact) mass is 346 g/mol. The Balaban J connectivity index is 2.50. The van der Waals surface area contributed by atoms with E-state index >= 15 is 0 Å². The molecule has 25 heavy (non-hydrogen) atoms. The zero-order valence-corrected chi connectivity index (χ0v) is 15.4. The summed E-state index contributed by atoms with van der Waals surface area (Å²) in [5.74, 6) is -1.17. The first-order chi connectivity index (χ1) is 11.8. The Morgan fingerprint density at radius 2 is 2.00 bits per heavy atom. The van der Waals surface area contributed by atoms with Crippen molar-refractivity contribution in [1.82, 2.24) is 9.88 Å². The quantitative estimate of drug-likeness (QED) is 0.807. The number of aromatic nitrogens is 1. The SMILES string of the molecule is CCCn1c(C)c(C(=O)NC(C)C(C)C(=O)O)c2cc(OC)ccc21. The molecule has 1 aromatic carbocycles. The van der Waals surface area contributed by atoms with Gasteiger partial charge in [0.15, 0.2) is 0 Å². The summed E-state index contributed by atoms with van der Waals surface area (Å²) in [5, 5.41) is 12.8. The molecule has 0 bridgehead atoms. The molecule has 6 heteroatoms. The Kier molecular flexibility index (Phi) is 5.72. The maximum atomic E-state index is 12.9. The molecule has 136 valence electrons. The molecule has 0 aliphatic rings. The fourth-order valence-corrected chi connectivity index (χ4v) is 3.00. The number of hydrogen-bond donors (Lipinski definition) is 2. The van der Waals surface area contributed by atoms with E-state index in [-0.39, 0.29) is 5.91 Å². The van der Waals surface area contributed by atoms with Gasteiger partial charge in [-0.1, -0.05) is 6.92 Å². The average Bonchev–Trinajstić information content (AvgIpc) is 2.85. The van der Waals surface area contributed by atoms with Crippen LogP contribution < -0.4 is 10.1 Å². The summed E-state index contributed by atoms with van der Waals surface area (Å²) in [6, 6.07) is 5.22. The molecule has 1 amide bonds. The standard InChI is InChI=1S/C19H26N2O4/c1-6-9-21-13(4)17(15-10-14(25-5)7-8-16(15)21)18(22)20-12(3)11(2)19(23)24/h7-8,10-12H,6,9H2,1-5H3,(H,20,22)(H,23,24). The minimum absolute atomic E-state index is 0.258. The van der Waals surface area contributed by atoms with Crippen molar-refractivity contribution < 1.29 is 19.4 Å². The van der Waals surface area contributed by atoms with Gasteiger partial charge in [0.2, 0.25) is 0 Å². The molecule has 0 radical (unpaired) electrons. The number of carboxylic acid groups (broad SMARTS) is 1. The smallest absolute Gasteiger partial charge is 0.308 e. The second kappa shape index (κ2) is 7.59. The number of fused-ring (bicyclic) bond motifs is 1. The number of benzene rings is 1. The average molecular weight is 346 g/mol. The number of carboxylic acids is 1. The minimum atomic E-state index is -0.931. The third-order valence-electron chi connectivity index (χ3n) is 4.70. The molecule has 2 N–H and O–H groups in total. The fraction of sp³-hybridized carbons (Fsp3) is 0.474. The van der Waals surface area contributed by atoms with E-state index in [1.54, 1.807) is 21.0 Å². The topological polar surface area (TPSA) is 80.6 Å². The second-order valence-corrected chi connectivity index (χ2v) is 6.38. The maximum Gasteiger partial charge on any atom is 0.308 e. The first kappa shape index (κ1) is 18.8. The Morgan fingerprint density at radius 1 is 1.32 bits per heavy atom. The summed E-state index contributed by atoms with van der Waals surface area (Å²) in [4.78, 5) is 24.0. The molecular weight excluding hydrogens is 320 g/mol. The first-order valence-corrected chi connectivity index (χ1v) is 8.52. The van der Waals surface area contributed by atoms with Crippen LogP contribution >= 0.6 is 0 Å². The number of nitrogens with zero attached hydrogens (tertiary/aromatic N) is 1. The predicted octanol–water partition coefficient (Wildman–Crippen LogP) is 3.21. The molecule has 0 saturated heterocycles. The summed E-state index contributed by atoms with van der Waals surface area (Å²) >= 11 is 0. The second-order valence-electron chi connectivity index (χ2n) is 6.38. The van der Waals surface area contributed by atoms with Gasteiger partial charge in [-0.25, -0.2) is 0 Å². The summed E-state index contributed by atoms with van der Waals surface area (Å²) in [6.45, 7) is 8.11. The summed E-state index contributed by atoms with van der Waals surface area (Å²) in [6.07, 6.45) is 0.949. The summed E-state index contributed by atoms with van der Waals surface area (Å²) in [7, 11) is 1.59. The third-order valence-corrected chi connectivity index (χ3v) is 4.70. The highest BCUT2D eigenvalue weighted by molar-refractivity contribution is 6.09. The zero-order chi connectivity index (χ0) is 18.7. The van der Waals surface area contributed by atoms with Crippen molar-refractivity contribution in [3.8, 4) is 5.75 Å². The Morgan fingerprint density at radius 3 is 2.56 bits per heavy atom. The van der Waals surface area contributed by atoms with E-state index in [9.17, 15) is 9.59 Å². The van der Waals surface area contributed by atoms with Crippen LogP contribution in [0.3, 0.4) is 0 Å². The van der Waals surface area contributed by atoms with Crippen LogP contribution in [0.4, 0.5) is 0 Å². The largest absolute Gasteiger partial charge is 0.497 e. The van der Waals surface area contributed by atoms with Crippen molar-refractivity contribution in [2.24, 2.45) is 5.92 Å². The number of methoxy groups -OCH3 is 1. The van der Waals surface area contributed by atoms with Gasteiger partial charge < -0.3 is 19.7 Å². The lowest BCUT2D eigenvalue weighted by molar-refractivity contribution is -0.141. The molecule has 2 rings (SSSR count). The number of nitrogens with one attached hydrogen (secondary N) is 1. The van der Waals surface area contributed by atoms with Gasteiger partial charge in [-0.3, -0.25) is 9.59 Å². The molecule has 0 aliphatic heterocycles. The highest BCUT2D eigenvalue weighted by Crippen LogP contribution is 2.30. The third kappa shape index (κ3) is 3.62. The van der Waals surface area contributed by atoms with Crippen LogP contribution in [0.15, 0.2) is 18.2 Å². The van der Waals surface area contributed by atoms with Crippen LogP contribution in [-0.2, 0) is 11.3 Å². The van der Waals surface area contributed by atoms with Gasteiger partial charge >= 0.3 is 5.97 Å². The normalized spacial score (nSPS) is 13.5. The number of aliphatic carboxylic acids is 1. The van der Waals surface area contributed by atoms with Gasteiger partial charge in [0.25, 0.3) is 5.91 Å². The van der Waals surface area contributed by atoms with Crippen LogP contribution in [0.5, 0.6) is 5.75 Å². The lowest BCUT2D eigenvalue weighted by atomic mass is 10.0. The van der Waals surface area contributed by atoms with E-state index < -0.39 is 17.9 Å². The van der Waals surface area contributed by atoms with Gasteiger partial charge in [0.05, 0.1) is 18.6 Å². The van der Waals surface area contributed by atoms with Gasteiger partial charge in [-0.2, -0.15) is 0 Å². The molecule has 2 atom stereocenters. The number of amides is 1. The molecule has 2 aromatic rings. The van der Waals surface area contributed by atoms with Crippen molar-refractivity contribution in [2.75, 3.05) is 7.11 Å². The van der Waals surface area contributed by atoms with Gasteiger partial charge in [-0.15, -0.1) is 0 Å². The van der Waals surface area contributed by atoms with Gasteiger partial charge in [-0.05, 0) is 45.4 Å². The van der Waals surface area contributed by atoms with Crippen molar-refractivity contribution in [3.63, 3.8) is 0 Å². The van der Waals surface area contributed by atoms with E-state index in [0.717, 1.165) is 29.6 Å². The van der Waals surface area contributed by atoms with E-state index in [1.165, 1.54) is 0 Å². The van der Waals surface area contributed by atoms with Crippen LogP contribution in [0.1, 0.15) is 43.2 Å². The number of rotatable bonds is 7. The van der Waals surface area contributed by atoms with Crippen LogP contribution in [-0.4, -0.2) is 34.7 Å². The van der Waals surface area contributed by atoms with E-state index in [0.29, 0.717) is 11.3 Å². The summed E-state index contributed by atoms with van der Waals surface area (Å²) < 4.78 is 7.42. The Labute approximate surface area is 147 Å². The maximum absolute atomic E-state index is 12.9. The van der Waals surface area contributed by atoms with Gasteiger partial charge in [0.1, 0.15) is 5.75 Å². The number of ether oxygens (including phenoxy) is 1. The highest BCUT2D eigenvalue weighted by Gasteiger charge is 2.25.